The van der Waals surface area contributed by atoms with Gasteiger partial charge in [-0.2, -0.15) is 0 Å². The summed E-state index contributed by atoms with van der Waals surface area (Å²) >= 11 is 0. The van der Waals surface area contributed by atoms with Crippen LogP contribution in [0.3, 0.4) is 0 Å². The molecule has 1 aromatic rings. The molecule has 0 atom stereocenters. The second-order valence-electron chi connectivity index (χ2n) is 2.85. The van der Waals surface area contributed by atoms with Gasteiger partial charge in [-0.1, -0.05) is 5.16 Å². The predicted molar refractivity (Wildman–Crippen MR) is 52.5 cm³/mol. The molecule has 0 saturated carbocycles. The normalized spacial score (nSPS) is 10.8. The third-order valence-corrected chi connectivity index (χ3v) is 1.86. The Hall–Kier alpha value is -1.98. The summed E-state index contributed by atoms with van der Waals surface area (Å²) < 4.78 is 4.76. The molecule has 6 heteroatoms. The fourth-order valence-corrected chi connectivity index (χ4v) is 1.24. The molecule has 0 fully saturated rings. The minimum Gasteiger partial charge on any atom is -0.505 e. The summed E-state index contributed by atoms with van der Waals surface area (Å²) in [7, 11) is 0. The van der Waals surface area contributed by atoms with Gasteiger partial charge in [0, 0.05) is 5.69 Å². The molecular weight excluding hydrogens is 200 g/mol. The Balaban J connectivity index is 3.13. The fraction of sp³-hybridized carbons (Fsp3) is 0.333. The zero-order valence-electron chi connectivity index (χ0n) is 8.44. The molecule has 0 spiro atoms. The second-order valence-corrected chi connectivity index (χ2v) is 2.85. The number of nitrogens with zero attached hydrogens (tertiary/aromatic N) is 1. The zero-order chi connectivity index (χ0) is 11.4. The number of esters is 1. The van der Waals surface area contributed by atoms with Gasteiger partial charge in [-0.3, -0.25) is 0 Å². The molecule has 0 unspecified atom stereocenters. The third kappa shape index (κ3) is 2.09. The molecule has 0 aliphatic heterocycles. The molecule has 0 aliphatic rings. The molecule has 0 radical (unpaired) electrons. The lowest BCUT2D eigenvalue weighted by Crippen LogP contribution is -2.05. The molecule has 0 aromatic carbocycles. The van der Waals surface area contributed by atoms with Gasteiger partial charge in [0.25, 0.3) is 0 Å². The van der Waals surface area contributed by atoms with Crippen LogP contribution in [0.25, 0.3) is 0 Å². The standard InChI is InChI=1S/C9H12N2O4/c1-3-15-9(13)7-5(2)11-6(4-10-14)8(7)12/h4,11-12,14H,3H2,1-2H3/b10-4+. The van der Waals surface area contributed by atoms with Crippen LogP contribution in [0.4, 0.5) is 0 Å². The van der Waals surface area contributed by atoms with Gasteiger partial charge in [-0.05, 0) is 13.8 Å². The Labute approximate surface area is 86.2 Å². The van der Waals surface area contributed by atoms with E-state index in [0.29, 0.717) is 5.69 Å². The van der Waals surface area contributed by atoms with Crippen molar-refractivity contribution < 1.29 is 19.8 Å². The van der Waals surface area contributed by atoms with Crippen LogP contribution in [-0.2, 0) is 4.74 Å². The van der Waals surface area contributed by atoms with E-state index < -0.39 is 5.97 Å². The van der Waals surface area contributed by atoms with Crippen molar-refractivity contribution in [1.82, 2.24) is 4.98 Å². The number of ether oxygens (including phenoxy) is 1. The average molecular weight is 212 g/mol. The van der Waals surface area contributed by atoms with Crippen molar-refractivity contribution in [2.24, 2.45) is 5.16 Å². The van der Waals surface area contributed by atoms with Crippen LogP contribution in [0, 0.1) is 6.92 Å². The van der Waals surface area contributed by atoms with E-state index in [1.54, 1.807) is 13.8 Å². The number of carbonyl (C=O) groups excluding carboxylic acids is 1. The fourth-order valence-electron chi connectivity index (χ4n) is 1.24. The van der Waals surface area contributed by atoms with Crippen LogP contribution >= 0.6 is 0 Å². The number of aromatic amines is 1. The van der Waals surface area contributed by atoms with Gasteiger partial charge in [-0.25, -0.2) is 4.79 Å². The van der Waals surface area contributed by atoms with E-state index in [0.717, 1.165) is 6.21 Å². The van der Waals surface area contributed by atoms with Gasteiger partial charge in [0.15, 0.2) is 5.75 Å². The summed E-state index contributed by atoms with van der Waals surface area (Å²) in [6.07, 6.45) is 1.01. The van der Waals surface area contributed by atoms with Crippen molar-refractivity contribution in [3.63, 3.8) is 0 Å². The summed E-state index contributed by atoms with van der Waals surface area (Å²) in [6.45, 7) is 3.51. The Morgan fingerprint density at radius 3 is 2.87 bits per heavy atom. The number of hydrogen-bond donors (Lipinski definition) is 3. The van der Waals surface area contributed by atoms with Gasteiger partial charge in [0.2, 0.25) is 0 Å². The lowest BCUT2D eigenvalue weighted by Gasteiger charge is -2.00. The number of carbonyl (C=O) groups is 1. The van der Waals surface area contributed by atoms with Crippen LogP contribution in [0.1, 0.15) is 28.7 Å². The number of rotatable bonds is 3. The van der Waals surface area contributed by atoms with Gasteiger partial charge >= 0.3 is 5.97 Å². The maximum Gasteiger partial charge on any atom is 0.343 e. The molecule has 0 amide bonds. The summed E-state index contributed by atoms with van der Waals surface area (Å²) in [4.78, 5) is 14.1. The van der Waals surface area contributed by atoms with Crippen LogP contribution < -0.4 is 0 Å². The summed E-state index contributed by atoms with van der Waals surface area (Å²) in [5, 5.41) is 20.7. The average Bonchev–Trinajstić information content (AvgIpc) is 2.43. The molecule has 0 bridgehead atoms. The number of oxime groups is 1. The Morgan fingerprint density at radius 1 is 1.67 bits per heavy atom. The zero-order valence-corrected chi connectivity index (χ0v) is 8.44. The molecule has 3 N–H and O–H groups in total. The number of nitrogens with one attached hydrogen (secondary N) is 1. The van der Waals surface area contributed by atoms with Crippen LogP contribution in [-0.4, -0.2) is 34.1 Å². The molecule has 0 aliphatic carbocycles. The van der Waals surface area contributed by atoms with E-state index in [2.05, 4.69) is 10.1 Å². The molecule has 1 aromatic heterocycles. The van der Waals surface area contributed by atoms with Gasteiger partial charge in [-0.15, -0.1) is 0 Å². The van der Waals surface area contributed by atoms with E-state index >= 15 is 0 Å². The van der Waals surface area contributed by atoms with Crippen LogP contribution in [0.15, 0.2) is 5.16 Å². The largest absolute Gasteiger partial charge is 0.505 e. The van der Waals surface area contributed by atoms with Crippen molar-refractivity contribution in [3.8, 4) is 5.75 Å². The highest BCUT2D eigenvalue weighted by atomic mass is 16.5. The van der Waals surface area contributed by atoms with Crippen molar-refractivity contribution in [2.45, 2.75) is 13.8 Å². The van der Waals surface area contributed by atoms with Crippen molar-refractivity contribution in [3.05, 3.63) is 17.0 Å². The second kappa shape index (κ2) is 4.50. The SMILES string of the molecule is CCOC(=O)c1c(C)[nH]c(/C=N/O)c1O. The van der Waals surface area contributed by atoms with E-state index in [-0.39, 0.29) is 23.6 Å². The molecular formula is C9H12N2O4. The minimum atomic E-state index is -0.610. The highest BCUT2D eigenvalue weighted by molar-refractivity contribution is 5.97. The predicted octanol–water partition coefficient (Wildman–Crippen LogP) is 1.01. The molecule has 82 valence electrons. The lowest BCUT2D eigenvalue weighted by molar-refractivity contribution is 0.0522. The topological polar surface area (TPSA) is 94.9 Å². The van der Waals surface area contributed by atoms with E-state index in [1.807, 2.05) is 0 Å². The number of H-pyrrole nitrogens is 1. The monoisotopic (exact) mass is 212 g/mol. The maximum atomic E-state index is 11.4. The highest BCUT2D eigenvalue weighted by Gasteiger charge is 2.20. The third-order valence-electron chi connectivity index (χ3n) is 1.86. The number of aromatic hydroxyl groups is 1. The van der Waals surface area contributed by atoms with Crippen LogP contribution in [0.5, 0.6) is 5.75 Å². The molecule has 15 heavy (non-hydrogen) atoms. The van der Waals surface area contributed by atoms with Gasteiger partial charge in [0.05, 0.1) is 12.8 Å². The molecule has 1 heterocycles. The van der Waals surface area contributed by atoms with Crippen LogP contribution in [0.2, 0.25) is 0 Å². The summed E-state index contributed by atoms with van der Waals surface area (Å²) in [5.74, 6) is -0.884. The molecule has 1 rings (SSSR count). The minimum absolute atomic E-state index is 0.0618. The first kappa shape index (κ1) is 11.1. The number of hydrogen-bond acceptors (Lipinski definition) is 5. The smallest absolute Gasteiger partial charge is 0.343 e. The Bertz CT molecular complexity index is 395. The first-order valence-corrected chi connectivity index (χ1v) is 4.37. The number of aromatic nitrogens is 1. The molecule has 6 nitrogen and oxygen atoms in total. The van der Waals surface area contributed by atoms with Gasteiger partial charge < -0.3 is 20.0 Å². The molecule has 0 saturated heterocycles. The summed E-state index contributed by atoms with van der Waals surface area (Å²) in [6, 6.07) is 0. The summed E-state index contributed by atoms with van der Waals surface area (Å²) in [5.41, 5.74) is 0.686. The van der Waals surface area contributed by atoms with Crippen molar-refractivity contribution >= 4 is 12.2 Å². The first-order valence-electron chi connectivity index (χ1n) is 4.37. The van der Waals surface area contributed by atoms with Gasteiger partial charge in [0.1, 0.15) is 11.3 Å². The van der Waals surface area contributed by atoms with E-state index in [1.165, 1.54) is 0 Å². The van der Waals surface area contributed by atoms with Crippen molar-refractivity contribution in [1.29, 1.82) is 0 Å². The van der Waals surface area contributed by atoms with E-state index in [9.17, 15) is 9.90 Å². The highest BCUT2D eigenvalue weighted by Crippen LogP contribution is 2.25. The van der Waals surface area contributed by atoms with E-state index in [4.69, 9.17) is 9.94 Å². The lowest BCUT2D eigenvalue weighted by atomic mass is 10.2. The first-order chi connectivity index (χ1) is 7.11. The number of aryl methyl sites for hydroxylation is 1. The Morgan fingerprint density at radius 2 is 2.33 bits per heavy atom. The maximum absolute atomic E-state index is 11.4. The quantitative estimate of drug-likeness (QED) is 0.301. The Kier molecular flexibility index (Phi) is 3.33. The van der Waals surface area contributed by atoms with Crippen molar-refractivity contribution in [2.75, 3.05) is 6.61 Å².